The third kappa shape index (κ3) is 4.22. The van der Waals surface area contributed by atoms with Gasteiger partial charge in [0.2, 0.25) is 11.8 Å². The van der Waals surface area contributed by atoms with Gasteiger partial charge in [0.1, 0.15) is 0 Å². The topological polar surface area (TPSA) is 74.2 Å². The highest BCUT2D eigenvalue weighted by atomic mass is 16.5. The fraction of sp³-hybridized carbons (Fsp3) is 0.579. The predicted octanol–water partition coefficient (Wildman–Crippen LogP) is 3.23. The van der Waals surface area contributed by atoms with E-state index >= 15 is 0 Å². The summed E-state index contributed by atoms with van der Waals surface area (Å²) in [6, 6.07) is 10.2. The molecule has 0 bridgehead atoms. The number of nitrogens with two attached hydrogens (primary N) is 1. The summed E-state index contributed by atoms with van der Waals surface area (Å²) >= 11 is 0. The van der Waals surface area contributed by atoms with E-state index in [4.69, 9.17) is 14.9 Å². The standard InChI is InChI=1S/C19H27N3O2/c1-19(20,13-15-6-4-3-5-7-15)18-22-21-17(24-18)12-14-8-10-16(23-2)11-9-14/h3-7,14,16H,8-13,20H2,1-2H3/t14?,16?,19-/m1/s1. The summed E-state index contributed by atoms with van der Waals surface area (Å²) in [5, 5.41) is 8.44. The molecule has 3 rings (SSSR count). The van der Waals surface area contributed by atoms with Gasteiger partial charge in [0, 0.05) is 13.5 Å². The molecule has 1 aromatic carbocycles. The summed E-state index contributed by atoms with van der Waals surface area (Å²) in [6.07, 6.45) is 6.47. The van der Waals surface area contributed by atoms with E-state index in [1.54, 1.807) is 7.11 Å². The normalized spacial score (nSPS) is 23.8. The smallest absolute Gasteiger partial charge is 0.236 e. The monoisotopic (exact) mass is 329 g/mol. The van der Waals surface area contributed by atoms with Crippen molar-refractivity contribution in [1.82, 2.24) is 10.2 Å². The summed E-state index contributed by atoms with van der Waals surface area (Å²) in [5.41, 5.74) is 6.95. The first-order chi connectivity index (χ1) is 11.6. The van der Waals surface area contributed by atoms with Crippen molar-refractivity contribution in [3.63, 3.8) is 0 Å². The average Bonchev–Trinajstić information content (AvgIpc) is 3.06. The fourth-order valence-corrected chi connectivity index (χ4v) is 3.48. The van der Waals surface area contributed by atoms with Gasteiger partial charge in [-0.2, -0.15) is 0 Å². The highest BCUT2D eigenvalue weighted by molar-refractivity contribution is 5.19. The van der Waals surface area contributed by atoms with Gasteiger partial charge in [0.15, 0.2) is 0 Å². The van der Waals surface area contributed by atoms with Crippen LogP contribution in [0, 0.1) is 5.92 Å². The highest BCUT2D eigenvalue weighted by Gasteiger charge is 2.29. The van der Waals surface area contributed by atoms with Crippen LogP contribution in [0.5, 0.6) is 0 Å². The first kappa shape index (κ1) is 17.1. The van der Waals surface area contributed by atoms with E-state index in [0.717, 1.165) is 32.1 Å². The van der Waals surface area contributed by atoms with E-state index in [2.05, 4.69) is 22.3 Å². The van der Waals surface area contributed by atoms with Crippen LogP contribution in [0.25, 0.3) is 0 Å². The first-order valence-electron chi connectivity index (χ1n) is 8.75. The van der Waals surface area contributed by atoms with Crippen LogP contribution in [-0.4, -0.2) is 23.4 Å². The van der Waals surface area contributed by atoms with E-state index in [-0.39, 0.29) is 0 Å². The zero-order chi connectivity index (χ0) is 17.0. The Morgan fingerprint density at radius 2 is 1.88 bits per heavy atom. The van der Waals surface area contributed by atoms with Crippen LogP contribution in [0.2, 0.25) is 0 Å². The molecule has 0 saturated heterocycles. The molecule has 0 unspecified atom stereocenters. The van der Waals surface area contributed by atoms with E-state index in [9.17, 15) is 0 Å². The average molecular weight is 329 g/mol. The third-order valence-electron chi connectivity index (χ3n) is 4.96. The van der Waals surface area contributed by atoms with Crippen molar-refractivity contribution in [3.8, 4) is 0 Å². The molecule has 0 spiro atoms. The minimum atomic E-state index is -0.652. The van der Waals surface area contributed by atoms with Gasteiger partial charge in [0.25, 0.3) is 0 Å². The summed E-state index contributed by atoms with van der Waals surface area (Å²) in [5.74, 6) is 1.82. The molecule has 1 aliphatic rings. The maximum Gasteiger partial charge on any atom is 0.236 e. The fourth-order valence-electron chi connectivity index (χ4n) is 3.48. The van der Waals surface area contributed by atoms with Crippen LogP contribution in [0.15, 0.2) is 34.7 Å². The van der Waals surface area contributed by atoms with Crippen LogP contribution in [0.4, 0.5) is 0 Å². The highest BCUT2D eigenvalue weighted by Crippen LogP contribution is 2.29. The zero-order valence-corrected chi connectivity index (χ0v) is 14.6. The summed E-state index contributed by atoms with van der Waals surface area (Å²) < 4.78 is 11.3. The Hall–Kier alpha value is -1.72. The van der Waals surface area contributed by atoms with Crippen LogP contribution in [0.1, 0.15) is 50.0 Å². The van der Waals surface area contributed by atoms with Gasteiger partial charge < -0.3 is 14.9 Å². The number of benzene rings is 1. The Balaban J connectivity index is 1.60. The molecule has 1 atom stereocenters. The Bertz CT molecular complexity index is 631. The molecule has 5 heteroatoms. The van der Waals surface area contributed by atoms with Gasteiger partial charge in [-0.15, -0.1) is 10.2 Å². The molecule has 1 fully saturated rings. The second-order valence-corrected chi connectivity index (χ2v) is 7.16. The molecular weight excluding hydrogens is 302 g/mol. The molecular formula is C19H27N3O2. The maximum atomic E-state index is 6.44. The summed E-state index contributed by atoms with van der Waals surface area (Å²) in [6.45, 7) is 1.95. The van der Waals surface area contributed by atoms with E-state index in [0.29, 0.717) is 30.2 Å². The summed E-state index contributed by atoms with van der Waals surface area (Å²) in [7, 11) is 1.80. The van der Waals surface area contributed by atoms with Crippen molar-refractivity contribution in [3.05, 3.63) is 47.7 Å². The number of rotatable bonds is 6. The van der Waals surface area contributed by atoms with Crippen molar-refractivity contribution >= 4 is 0 Å². The Labute approximate surface area is 143 Å². The van der Waals surface area contributed by atoms with Crippen molar-refractivity contribution < 1.29 is 9.15 Å². The number of aromatic nitrogens is 2. The number of methoxy groups -OCH3 is 1. The van der Waals surface area contributed by atoms with Gasteiger partial charge in [-0.25, -0.2) is 0 Å². The van der Waals surface area contributed by atoms with Crippen LogP contribution in [0.3, 0.4) is 0 Å². The third-order valence-corrected chi connectivity index (χ3v) is 4.96. The molecule has 2 aromatic rings. The minimum Gasteiger partial charge on any atom is -0.423 e. The van der Waals surface area contributed by atoms with Gasteiger partial charge in [-0.1, -0.05) is 30.3 Å². The predicted molar refractivity (Wildman–Crippen MR) is 92.4 cm³/mol. The largest absolute Gasteiger partial charge is 0.423 e. The van der Waals surface area contributed by atoms with Crippen molar-refractivity contribution in [2.45, 2.75) is 57.1 Å². The molecule has 0 aliphatic heterocycles. The first-order valence-corrected chi connectivity index (χ1v) is 8.75. The van der Waals surface area contributed by atoms with Crippen molar-refractivity contribution in [2.24, 2.45) is 11.7 Å². The number of hydrogen-bond acceptors (Lipinski definition) is 5. The SMILES string of the molecule is COC1CCC(Cc2nnc([C@](C)(N)Cc3ccccc3)o2)CC1. The molecule has 1 aliphatic carbocycles. The van der Waals surface area contributed by atoms with E-state index in [1.165, 1.54) is 5.56 Å². The number of nitrogens with zero attached hydrogens (tertiary/aromatic N) is 2. The molecule has 1 saturated carbocycles. The van der Waals surface area contributed by atoms with E-state index < -0.39 is 5.54 Å². The molecule has 24 heavy (non-hydrogen) atoms. The quantitative estimate of drug-likeness (QED) is 0.880. The Morgan fingerprint density at radius 3 is 2.54 bits per heavy atom. The van der Waals surface area contributed by atoms with Crippen molar-refractivity contribution in [2.75, 3.05) is 7.11 Å². The number of hydrogen-bond donors (Lipinski definition) is 1. The maximum absolute atomic E-state index is 6.44. The van der Waals surface area contributed by atoms with Crippen LogP contribution >= 0.6 is 0 Å². The Kier molecular flexibility index (Phi) is 5.31. The van der Waals surface area contributed by atoms with Crippen molar-refractivity contribution in [1.29, 1.82) is 0 Å². The molecule has 1 aromatic heterocycles. The lowest BCUT2D eigenvalue weighted by Gasteiger charge is -2.26. The summed E-state index contributed by atoms with van der Waals surface area (Å²) in [4.78, 5) is 0. The van der Waals surface area contributed by atoms with E-state index in [1.807, 2.05) is 25.1 Å². The lowest BCUT2D eigenvalue weighted by molar-refractivity contribution is 0.0558. The Morgan fingerprint density at radius 1 is 1.17 bits per heavy atom. The molecule has 2 N–H and O–H groups in total. The second kappa shape index (κ2) is 7.45. The minimum absolute atomic E-state index is 0.415. The van der Waals surface area contributed by atoms with Gasteiger partial charge >= 0.3 is 0 Å². The lowest BCUT2D eigenvalue weighted by Crippen LogP contribution is -2.35. The lowest BCUT2D eigenvalue weighted by atomic mass is 9.85. The number of ether oxygens (including phenoxy) is 1. The van der Waals surface area contributed by atoms with Crippen LogP contribution < -0.4 is 5.73 Å². The van der Waals surface area contributed by atoms with Gasteiger partial charge in [0.05, 0.1) is 11.6 Å². The molecule has 130 valence electrons. The van der Waals surface area contributed by atoms with Crippen LogP contribution in [-0.2, 0) is 23.1 Å². The second-order valence-electron chi connectivity index (χ2n) is 7.16. The van der Waals surface area contributed by atoms with Gasteiger partial charge in [-0.05, 0) is 50.5 Å². The van der Waals surface area contributed by atoms with Gasteiger partial charge in [-0.3, -0.25) is 0 Å². The molecule has 0 radical (unpaired) electrons. The molecule has 1 heterocycles. The molecule has 0 amide bonds. The molecule has 5 nitrogen and oxygen atoms in total. The zero-order valence-electron chi connectivity index (χ0n) is 14.6.